The Bertz CT molecular complexity index is 641. The molecule has 0 amide bonds. The lowest BCUT2D eigenvalue weighted by atomic mass is 10.1. The third-order valence-electron chi connectivity index (χ3n) is 3.04. The molecular weight excluding hydrogens is 254 g/mol. The first-order valence-corrected chi connectivity index (χ1v) is 6.31. The molecule has 0 aliphatic carbocycles. The highest BCUT2D eigenvalue weighted by atomic mass is 16.4. The van der Waals surface area contributed by atoms with Gasteiger partial charge in [-0.2, -0.15) is 0 Å². The van der Waals surface area contributed by atoms with Gasteiger partial charge in [0.1, 0.15) is 0 Å². The van der Waals surface area contributed by atoms with Crippen LogP contribution < -0.4 is 4.90 Å². The molecule has 0 saturated carbocycles. The molecular formula is C15H17N3O2. The Morgan fingerprint density at radius 3 is 2.70 bits per heavy atom. The van der Waals surface area contributed by atoms with E-state index >= 15 is 0 Å². The molecule has 2 aromatic rings. The largest absolute Gasteiger partial charge is 0.478 e. The molecule has 0 radical (unpaired) electrons. The SMILES string of the molecule is Cc1cccc(CN(C)c2ncc(C(=O)O)c(C)n2)c1. The fourth-order valence-corrected chi connectivity index (χ4v) is 2.00. The van der Waals surface area contributed by atoms with Crippen LogP contribution in [0.15, 0.2) is 30.5 Å². The lowest BCUT2D eigenvalue weighted by molar-refractivity contribution is 0.0695. The highest BCUT2D eigenvalue weighted by Crippen LogP contribution is 2.13. The minimum absolute atomic E-state index is 0.137. The van der Waals surface area contributed by atoms with Crippen LogP contribution in [0.25, 0.3) is 0 Å². The second kappa shape index (κ2) is 5.69. The number of aromatic carboxylic acids is 1. The number of benzene rings is 1. The van der Waals surface area contributed by atoms with Crippen molar-refractivity contribution in [1.82, 2.24) is 9.97 Å². The van der Waals surface area contributed by atoms with E-state index in [2.05, 4.69) is 16.0 Å². The monoisotopic (exact) mass is 271 g/mol. The molecule has 0 spiro atoms. The van der Waals surface area contributed by atoms with E-state index in [4.69, 9.17) is 5.11 Å². The maximum absolute atomic E-state index is 10.9. The van der Waals surface area contributed by atoms with Gasteiger partial charge in [0.05, 0.1) is 11.3 Å². The zero-order valence-corrected chi connectivity index (χ0v) is 11.8. The Morgan fingerprint density at radius 2 is 2.10 bits per heavy atom. The molecule has 0 aliphatic rings. The van der Waals surface area contributed by atoms with Crippen LogP contribution in [0.2, 0.25) is 0 Å². The average molecular weight is 271 g/mol. The van der Waals surface area contributed by atoms with Crippen molar-refractivity contribution in [3.63, 3.8) is 0 Å². The summed E-state index contributed by atoms with van der Waals surface area (Å²) >= 11 is 0. The number of hydrogen-bond donors (Lipinski definition) is 1. The summed E-state index contributed by atoms with van der Waals surface area (Å²) in [7, 11) is 1.89. The molecule has 20 heavy (non-hydrogen) atoms. The molecule has 5 nitrogen and oxygen atoms in total. The van der Waals surface area contributed by atoms with Crippen molar-refractivity contribution in [2.24, 2.45) is 0 Å². The molecule has 0 fully saturated rings. The summed E-state index contributed by atoms with van der Waals surface area (Å²) in [6.07, 6.45) is 1.35. The molecule has 1 aromatic heterocycles. The summed E-state index contributed by atoms with van der Waals surface area (Å²) in [6, 6.07) is 8.21. The van der Waals surface area contributed by atoms with Gasteiger partial charge in [-0.3, -0.25) is 0 Å². The van der Waals surface area contributed by atoms with Crippen molar-refractivity contribution in [3.8, 4) is 0 Å². The molecule has 0 aliphatic heterocycles. The number of carboxylic acid groups (broad SMARTS) is 1. The first-order chi connectivity index (χ1) is 9.47. The third-order valence-corrected chi connectivity index (χ3v) is 3.04. The first-order valence-electron chi connectivity index (χ1n) is 6.31. The van der Waals surface area contributed by atoms with E-state index in [9.17, 15) is 4.79 Å². The number of aryl methyl sites for hydroxylation is 2. The summed E-state index contributed by atoms with van der Waals surface area (Å²) < 4.78 is 0. The highest BCUT2D eigenvalue weighted by Gasteiger charge is 2.12. The van der Waals surface area contributed by atoms with Crippen molar-refractivity contribution in [2.45, 2.75) is 20.4 Å². The minimum Gasteiger partial charge on any atom is -0.478 e. The predicted octanol–water partition coefficient (Wildman–Crippen LogP) is 2.43. The summed E-state index contributed by atoms with van der Waals surface area (Å²) in [5, 5.41) is 8.97. The average Bonchev–Trinajstić information content (AvgIpc) is 2.38. The van der Waals surface area contributed by atoms with Gasteiger partial charge in [-0.15, -0.1) is 0 Å². The van der Waals surface area contributed by atoms with Crippen molar-refractivity contribution in [3.05, 3.63) is 52.8 Å². The van der Waals surface area contributed by atoms with Crippen LogP contribution in [0.4, 0.5) is 5.95 Å². The van der Waals surface area contributed by atoms with Gasteiger partial charge in [0.25, 0.3) is 0 Å². The lowest BCUT2D eigenvalue weighted by Gasteiger charge is -2.18. The maximum atomic E-state index is 10.9. The van der Waals surface area contributed by atoms with Crippen molar-refractivity contribution >= 4 is 11.9 Å². The van der Waals surface area contributed by atoms with Crippen molar-refractivity contribution in [1.29, 1.82) is 0 Å². The van der Waals surface area contributed by atoms with E-state index in [1.54, 1.807) is 6.92 Å². The fourth-order valence-electron chi connectivity index (χ4n) is 2.00. The van der Waals surface area contributed by atoms with Gasteiger partial charge in [0.15, 0.2) is 0 Å². The number of hydrogen-bond acceptors (Lipinski definition) is 4. The topological polar surface area (TPSA) is 66.3 Å². The summed E-state index contributed by atoms with van der Waals surface area (Å²) in [5.74, 6) is -0.482. The fraction of sp³-hybridized carbons (Fsp3) is 0.267. The Kier molecular flexibility index (Phi) is 3.98. The van der Waals surface area contributed by atoms with E-state index in [1.807, 2.05) is 37.1 Å². The van der Waals surface area contributed by atoms with E-state index < -0.39 is 5.97 Å². The maximum Gasteiger partial charge on any atom is 0.339 e. The zero-order chi connectivity index (χ0) is 14.7. The molecule has 0 bridgehead atoms. The molecule has 1 N–H and O–H groups in total. The number of aromatic nitrogens is 2. The Hall–Kier alpha value is -2.43. The number of carboxylic acids is 1. The number of rotatable bonds is 4. The van der Waals surface area contributed by atoms with Crippen LogP contribution in [-0.2, 0) is 6.54 Å². The highest BCUT2D eigenvalue weighted by molar-refractivity contribution is 5.88. The molecule has 5 heteroatoms. The van der Waals surface area contributed by atoms with E-state index in [1.165, 1.54) is 11.8 Å². The van der Waals surface area contributed by atoms with E-state index in [-0.39, 0.29) is 5.56 Å². The molecule has 2 rings (SSSR count). The molecule has 1 heterocycles. The van der Waals surface area contributed by atoms with Gasteiger partial charge in [-0.1, -0.05) is 29.8 Å². The molecule has 104 valence electrons. The second-order valence-corrected chi connectivity index (χ2v) is 4.82. The number of anilines is 1. The summed E-state index contributed by atoms with van der Waals surface area (Å²) in [4.78, 5) is 21.2. The smallest absolute Gasteiger partial charge is 0.339 e. The normalized spacial score (nSPS) is 10.3. The van der Waals surface area contributed by atoms with Crippen LogP contribution in [-0.4, -0.2) is 28.1 Å². The molecule has 0 unspecified atom stereocenters. The molecule has 0 saturated heterocycles. The van der Waals surface area contributed by atoms with Crippen molar-refractivity contribution < 1.29 is 9.90 Å². The van der Waals surface area contributed by atoms with Gasteiger partial charge in [0, 0.05) is 19.8 Å². The molecule has 1 aromatic carbocycles. The quantitative estimate of drug-likeness (QED) is 0.925. The predicted molar refractivity (Wildman–Crippen MR) is 77.0 cm³/mol. The minimum atomic E-state index is -1.00. The third kappa shape index (κ3) is 3.12. The van der Waals surface area contributed by atoms with Crippen LogP contribution >= 0.6 is 0 Å². The second-order valence-electron chi connectivity index (χ2n) is 4.82. The van der Waals surface area contributed by atoms with Gasteiger partial charge in [-0.25, -0.2) is 14.8 Å². The van der Waals surface area contributed by atoms with Crippen LogP contribution in [0.5, 0.6) is 0 Å². The number of carbonyl (C=O) groups is 1. The standard InChI is InChI=1S/C15H17N3O2/c1-10-5-4-6-12(7-10)9-18(3)15-16-8-13(14(19)20)11(2)17-15/h4-8H,9H2,1-3H3,(H,19,20). The van der Waals surface area contributed by atoms with Gasteiger partial charge in [0.2, 0.25) is 5.95 Å². The Balaban J connectivity index is 2.19. The van der Waals surface area contributed by atoms with Crippen LogP contribution in [0.1, 0.15) is 27.2 Å². The first kappa shape index (κ1) is 14.0. The van der Waals surface area contributed by atoms with E-state index in [0.29, 0.717) is 18.2 Å². The summed E-state index contributed by atoms with van der Waals surface area (Å²) in [5.41, 5.74) is 2.97. The van der Waals surface area contributed by atoms with Crippen LogP contribution in [0, 0.1) is 13.8 Å². The van der Waals surface area contributed by atoms with Crippen molar-refractivity contribution in [2.75, 3.05) is 11.9 Å². The zero-order valence-electron chi connectivity index (χ0n) is 11.8. The van der Waals surface area contributed by atoms with Crippen LogP contribution in [0.3, 0.4) is 0 Å². The molecule has 0 atom stereocenters. The van der Waals surface area contributed by atoms with Gasteiger partial charge < -0.3 is 10.0 Å². The summed E-state index contributed by atoms with van der Waals surface area (Å²) in [6.45, 7) is 4.40. The van der Waals surface area contributed by atoms with Gasteiger partial charge >= 0.3 is 5.97 Å². The van der Waals surface area contributed by atoms with Gasteiger partial charge in [-0.05, 0) is 19.4 Å². The Labute approximate surface area is 117 Å². The lowest BCUT2D eigenvalue weighted by Crippen LogP contribution is -2.20. The van der Waals surface area contributed by atoms with E-state index in [0.717, 1.165) is 5.56 Å². The Morgan fingerprint density at radius 1 is 1.35 bits per heavy atom. The number of nitrogens with zero attached hydrogens (tertiary/aromatic N) is 3.